The molecule has 0 aromatic carbocycles. The van der Waals surface area contributed by atoms with Gasteiger partial charge in [-0.1, -0.05) is 0 Å². The molecule has 0 radical (unpaired) electrons. The third-order valence-electron chi connectivity index (χ3n) is 3.35. The number of carbonyl (C=O) groups is 2. The van der Waals surface area contributed by atoms with Crippen LogP contribution in [0, 0.1) is 5.41 Å². The average Bonchev–Trinajstić information content (AvgIpc) is 2.71. The molecule has 0 spiro atoms. The third kappa shape index (κ3) is 3.35. The fourth-order valence-electron chi connectivity index (χ4n) is 2.00. The van der Waals surface area contributed by atoms with E-state index in [2.05, 4.69) is 36.8 Å². The van der Waals surface area contributed by atoms with Crippen LogP contribution in [0.5, 0.6) is 5.75 Å². The maximum atomic E-state index is 12.4. The van der Waals surface area contributed by atoms with Crippen molar-refractivity contribution < 1.29 is 19.1 Å². The van der Waals surface area contributed by atoms with Crippen molar-refractivity contribution in [2.75, 3.05) is 6.61 Å². The zero-order valence-corrected chi connectivity index (χ0v) is 17.2. The lowest BCUT2D eigenvalue weighted by atomic mass is 9.97. The molecule has 0 unspecified atom stereocenters. The maximum Gasteiger partial charge on any atom is 0.360 e. The fourth-order valence-corrected chi connectivity index (χ4v) is 3.03. The van der Waals surface area contributed by atoms with Gasteiger partial charge in [0.2, 0.25) is 0 Å². The molecule has 0 aliphatic rings. The number of rotatable bonds is 3. The van der Waals surface area contributed by atoms with Gasteiger partial charge in [0.15, 0.2) is 11.4 Å². The van der Waals surface area contributed by atoms with E-state index in [-0.39, 0.29) is 18.1 Å². The van der Waals surface area contributed by atoms with Gasteiger partial charge in [0, 0.05) is 7.05 Å². The predicted molar refractivity (Wildman–Crippen MR) is 97.2 cm³/mol. The molecule has 0 aliphatic heterocycles. The number of carbonyl (C=O) groups excluding carboxylic acids is 2. The van der Waals surface area contributed by atoms with Crippen molar-refractivity contribution >= 4 is 54.7 Å². The Morgan fingerprint density at radius 2 is 1.92 bits per heavy atom. The zero-order chi connectivity index (χ0) is 18.2. The van der Waals surface area contributed by atoms with Gasteiger partial charge in [0.1, 0.15) is 4.60 Å². The quantitative estimate of drug-likeness (QED) is 0.639. The summed E-state index contributed by atoms with van der Waals surface area (Å²) in [6, 6.07) is 0. The minimum Gasteiger partial charge on any atom is -0.461 e. The summed E-state index contributed by atoms with van der Waals surface area (Å²) in [5.41, 5.74) is -0.0497. The van der Waals surface area contributed by atoms with Crippen LogP contribution in [-0.2, 0) is 16.6 Å². The Hall–Kier alpha value is -1.41. The molecule has 0 N–H and O–H groups in total. The molecule has 2 rings (SSSR count). The summed E-state index contributed by atoms with van der Waals surface area (Å²) >= 11 is 6.93. The van der Waals surface area contributed by atoms with Gasteiger partial charge < -0.3 is 14.0 Å². The summed E-state index contributed by atoms with van der Waals surface area (Å²) in [5.74, 6) is -1.00. The van der Waals surface area contributed by atoms with Crippen molar-refractivity contribution in [3.63, 3.8) is 0 Å². The largest absolute Gasteiger partial charge is 0.461 e. The van der Waals surface area contributed by atoms with Crippen LogP contribution in [0.15, 0.2) is 15.3 Å². The van der Waals surface area contributed by atoms with Crippen LogP contribution in [0.3, 0.4) is 0 Å². The van der Waals surface area contributed by atoms with E-state index in [9.17, 15) is 9.59 Å². The Balaban J connectivity index is 2.74. The highest BCUT2D eigenvalue weighted by molar-refractivity contribution is 9.13. The van der Waals surface area contributed by atoms with E-state index in [0.717, 1.165) is 4.60 Å². The number of nitrogens with zero attached hydrogens (tertiary/aromatic N) is 2. The van der Waals surface area contributed by atoms with Crippen LogP contribution < -0.4 is 4.74 Å². The molecule has 0 amide bonds. The van der Waals surface area contributed by atoms with Crippen LogP contribution in [0.2, 0.25) is 0 Å². The first kappa shape index (κ1) is 18.9. The molecule has 2 heterocycles. The Bertz CT molecular complexity index is 822. The fraction of sp³-hybridized carbons (Fsp3) is 0.438. The SMILES string of the molecule is CCOC(=O)c1ncc2c(c(Br)c(Br)n2C)c1OC(=O)C(C)(C)C. The van der Waals surface area contributed by atoms with Crippen LogP contribution >= 0.6 is 31.9 Å². The summed E-state index contributed by atoms with van der Waals surface area (Å²) in [4.78, 5) is 28.8. The smallest absolute Gasteiger partial charge is 0.360 e. The normalized spacial score (nSPS) is 11.6. The number of esters is 2. The Morgan fingerprint density at radius 3 is 2.46 bits per heavy atom. The topological polar surface area (TPSA) is 70.4 Å². The second-order valence-corrected chi connectivity index (χ2v) is 7.76. The van der Waals surface area contributed by atoms with Crippen molar-refractivity contribution in [1.82, 2.24) is 9.55 Å². The summed E-state index contributed by atoms with van der Waals surface area (Å²) in [5, 5.41) is 0.583. The van der Waals surface area contributed by atoms with Gasteiger partial charge >= 0.3 is 11.9 Å². The van der Waals surface area contributed by atoms with Crippen molar-refractivity contribution in [2.45, 2.75) is 27.7 Å². The van der Waals surface area contributed by atoms with Crippen molar-refractivity contribution in [3.05, 3.63) is 21.0 Å². The lowest BCUT2D eigenvalue weighted by Gasteiger charge is -2.18. The van der Waals surface area contributed by atoms with Crippen molar-refractivity contribution in [1.29, 1.82) is 0 Å². The minimum absolute atomic E-state index is 0.0271. The highest BCUT2D eigenvalue weighted by Gasteiger charge is 2.30. The molecular weight excluding hydrogens is 444 g/mol. The molecular formula is C16H18Br2N2O4. The number of pyridine rings is 1. The van der Waals surface area contributed by atoms with Crippen LogP contribution in [0.4, 0.5) is 0 Å². The Kier molecular flexibility index (Phi) is 5.39. The molecule has 0 atom stereocenters. The molecule has 0 bridgehead atoms. The molecule has 8 heteroatoms. The van der Waals surface area contributed by atoms with E-state index < -0.39 is 17.4 Å². The molecule has 0 fully saturated rings. The number of fused-ring (bicyclic) bond motifs is 1. The summed E-state index contributed by atoms with van der Waals surface area (Å²) < 4.78 is 13.9. The first-order chi connectivity index (χ1) is 11.1. The van der Waals surface area contributed by atoms with Crippen LogP contribution in [0.25, 0.3) is 10.9 Å². The Labute approximate surface area is 156 Å². The molecule has 0 aliphatic carbocycles. The predicted octanol–water partition coefficient (Wildman–Crippen LogP) is 4.23. The first-order valence-corrected chi connectivity index (χ1v) is 8.90. The molecule has 2 aromatic rings. The van der Waals surface area contributed by atoms with Gasteiger partial charge in [-0.15, -0.1) is 0 Å². The van der Waals surface area contributed by atoms with Gasteiger partial charge in [0.05, 0.1) is 33.6 Å². The van der Waals surface area contributed by atoms with E-state index >= 15 is 0 Å². The summed E-state index contributed by atoms with van der Waals surface area (Å²) in [6.07, 6.45) is 1.55. The highest BCUT2D eigenvalue weighted by Crippen LogP contribution is 2.41. The molecule has 0 saturated heterocycles. The first-order valence-electron chi connectivity index (χ1n) is 7.31. The number of ether oxygens (including phenoxy) is 2. The van der Waals surface area contributed by atoms with Gasteiger partial charge in [0.25, 0.3) is 0 Å². The number of hydrogen-bond acceptors (Lipinski definition) is 5. The van der Waals surface area contributed by atoms with Gasteiger partial charge in [-0.2, -0.15) is 0 Å². The van der Waals surface area contributed by atoms with E-state index in [1.165, 1.54) is 0 Å². The summed E-state index contributed by atoms with van der Waals surface area (Å²) in [6.45, 7) is 7.12. The van der Waals surface area contributed by atoms with E-state index in [0.29, 0.717) is 15.4 Å². The second kappa shape index (κ2) is 6.84. The summed E-state index contributed by atoms with van der Waals surface area (Å²) in [7, 11) is 1.83. The van der Waals surface area contributed by atoms with Crippen LogP contribution in [-0.4, -0.2) is 28.1 Å². The number of aryl methyl sites for hydroxylation is 1. The van der Waals surface area contributed by atoms with Gasteiger partial charge in [-0.25, -0.2) is 9.78 Å². The monoisotopic (exact) mass is 460 g/mol. The van der Waals surface area contributed by atoms with E-state index in [4.69, 9.17) is 9.47 Å². The lowest BCUT2D eigenvalue weighted by molar-refractivity contribution is -0.142. The zero-order valence-electron chi connectivity index (χ0n) is 14.1. The minimum atomic E-state index is -0.730. The number of hydrogen-bond donors (Lipinski definition) is 0. The highest BCUT2D eigenvalue weighted by atomic mass is 79.9. The lowest BCUT2D eigenvalue weighted by Crippen LogP contribution is -2.26. The van der Waals surface area contributed by atoms with Crippen LogP contribution in [0.1, 0.15) is 38.2 Å². The van der Waals surface area contributed by atoms with E-state index in [1.807, 2.05) is 11.6 Å². The molecule has 6 nitrogen and oxygen atoms in total. The molecule has 0 saturated carbocycles. The number of halogens is 2. The number of aromatic nitrogens is 2. The Morgan fingerprint density at radius 1 is 1.29 bits per heavy atom. The van der Waals surface area contributed by atoms with E-state index in [1.54, 1.807) is 33.9 Å². The molecule has 24 heavy (non-hydrogen) atoms. The van der Waals surface area contributed by atoms with Gasteiger partial charge in [-0.3, -0.25) is 4.79 Å². The van der Waals surface area contributed by atoms with Crippen molar-refractivity contribution in [3.8, 4) is 5.75 Å². The maximum absolute atomic E-state index is 12.4. The average molecular weight is 462 g/mol. The molecule has 2 aromatic heterocycles. The second-order valence-electron chi connectivity index (χ2n) is 6.22. The van der Waals surface area contributed by atoms with Gasteiger partial charge in [-0.05, 0) is 59.6 Å². The standard InChI is InChI=1S/C16H18Br2N2O4/c1-6-23-14(21)11-12(24-15(22)16(2,3)4)9-8(7-19-11)20(5)13(18)10(9)17/h7H,6H2,1-5H3. The third-order valence-corrected chi connectivity index (χ3v) is 5.58. The van der Waals surface area contributed by atoms with Crippen molar-refractivity contribution in [2.24, 2.45) is 12.5 Å². The molecule has 130 valence electrons.